The van der Waals surface area contributed by atoms with E-state index < -0.39 is 0 Å². The maximum absolute atomic E-state index is 11.6. The minimum atomic E-state index is -0.351. The molecule has 0 aliphatic heterocycles. The average molecular weight is 220 g/mol. The van der Waals surface area contributed by atoms with Crippen molar-refractivity contribution >= 4 is 17.2 Å². The third-order valence-corrected chi connectivity index (χ3v) is 2.23. The molecule has 0 unspecified atom stereocenters. The molecule has 0 saturated carbocycles. The van der Waals surface area contributed by atoms with Gasteiger partial charge in [-0.05, 0) is 19.9 Å². The van der Waals surface area contributed by atoms with Crippen molar-refractivity contribution in [1.29, 1.82) is 0 Å². The predicted molar refractivity (Wildman–Crippen MR) is 59.6 cm³/mol. The summed E-state index contributed by atoms with van der Waals surface area (Å²) in [5.41, 5.74) is 1.94. The summed E-state index contributed by atoms with van der Waals surface area (Å²) >= 11 is 0. The van der Waals surface area contributed by atoms with Gasteiger partial charge in [0.05, 0.1) is 0 Å². The zero-order chi connectivity index (χ0) is 11.9. The van der Waals surface area contributed by atoms with E-state index in [4.69, 9.17) is 0 Å². The van der Waals surface area contributed by atoms with E-state index in [9.17, 15) is 9.59 Å². The molecule has 2 N–H and O–H groups in total. The number of anilines is 1. The molecule has 0 saturated heterocycles. The second kappa shape index (κ2) is 3.48. The molecular formula is C10H12N4O2. The third-order valence-electron chi connectivity index (χ3n) is 2.23. The average Bonchev–Trinajstić information content (AvgIpc) is 2.45. The van der Waals surface area contributed by atoms with Crippen LogP contribution in [0.4, 0.5) is 5.69 Å². The Hall–Kier alpha value is -2.11. The Morgan fingerprint density at radius 1 is 1.50 bits per heavy atom. The van der Waals surface area contributed by atoms with Gasteiger partial charge in [-0.1, -0.05) is 0 Å². The molecule has 1 amide bonds. The van der Waals surface area contributed by atoms with Crippen LogP contribution in [0.3, 0.4) is 0 Å². The van der Waals surface area contributed by atoms with E-state index in [1.807, 2.05) is 19.9 Å². The van der Waals surface area contributed by atoms with Gasteiger partial charge >= 0.3 is 0 Å². The number of aromatic amines is 1. The Balaban J connectivity index is 2.78. The zero-order valence-corrected chi connectivity index (χ0v) is 9.29. The molecule has 2 rings (SSSR count). The predicted octanol–water partition coefficient (Wildman–Crippen LogP) is 0.598. The van der Waals surface area contributed by atoms with E-state index in [0.717, 1.165) is 11.4 Å². The number of carbonyl (C=O) groups excluding carboxylic acids is 1. The lowest BCUT2D eigenvalue weighted by Gasteiger charge is -2.02. The zero-order valence-electron chi connectivity index (χ0n) is 9.29. The van der Waals surface area contributed by atoms with Crippen LogP contribution in [0.2, 0.25) is 0 Å². The van der Waals surface area contributed by atoms with Crippen LogP contribution in [-0.2, 0) is 4.79 Å². The Morgan fingerprint density at radius 3 is 2.81 bits per heavy atom. The number of aromatic nitrogens is 3. The van der Waals surface area contributed by atoms with Crippen LogP contribution in [0.1, 0.15) is 18.3 Å². The quantitative estimate of drug-likeness (QED) is 0.738. The maximum atomic E-state index is 11.6. The Labute approximate surface area is 91.3 Å². The molecule has 0 spiro atoms. The fraction of sp³-hybridized carbons (Fsp3) is 0.300. The highest BCUT2D eigenvalue weighted by Crippen LogP contribution is 2.12. The van der Waals surface area contributed by atoms with E-state index in [1.54, 1.807) is 4.52 Å². The van der Waals surface area contributed by atoms with E-state index >= 15 is 0 Å². The highest BCUT2D eigenvalue weighted by Gasteiger charge is 2.12. The van der Waals surface area contributed by atoms with Gasteiger partial charge in [0.25, 0.3) is 5.56 Å². The van der Waals surface area contributed by atoms with E-state index in [1.165, 1.54) is 6.92 Å². The Kier molecular flexibility index (Phi) is 2.26. The summed E-state index contributed by atoms with van der Waals surface area (Å²) in [6, 6.07) is 1.85. The van der Waals surface area contributed by atoms with Crippen molar-refractivity contribution in [2.24, 2.45) is 0 Å². The van der Waals surface area contributed by atoms with Crippen LogP contribution in [-0.4, -0.2) is 20.5 Å². The normalized spacial score (nSPS) is 10.7. The molecule has 0 aliphatic carbocycles. The van der Waals surface area contributed by atoms with Gasteiger partial charge in [-0.2, -0.15) is 0 Å². The number of nitrogens with one attached hydrogen (secondary N) is 2. The van der Waals surface area contributed by atoms with Crippen molar-refractivity contribution in [3.63, 3.8) is 0 Å². The Morgan fingerprint density at radius 2 is 2.19 bits per heavy atom. The summed E-state index contributed by atoms with van der Waals surface area (Å²) in [4.78, 5) is 26.8. The SMILES string of the molecule is CC(=O)Nc1c(=O)[nH]n2c(C)cc(C)nc12. The number of carbonyl (C=O) groups is 1. The van der Waals surface area contributed by atoms with Crippen LogP contribution in [0, 0.1) is 13.8 Å². The van der Waals surface area contributed by atoms with Crippen molar-refractivity contribution < 1.29 is 4.79 Å². The molecule has 6 nitrogen and oxygen atoms in total. The van der Waals surface area contributed by atoms with Crippen LogP contribution in [0.15, 0.2) is 10.9 Å². The molecule has 0 fully saturated rings. The summed E-state index contributed by atoms with van der Waals surface area (Å²) < 4.78 is 1.56. The topological polar surface area (TPSA) is 79.3 Å². The highest BCUT2D eigenvalue weighted by atomic mass is 16.2. The van der Waals surface area contributed by atoms with Crippen LogP contribution in [0.5, 0.6) is 0 Å². The molecule has 2 heterocycles. The van der Waals surface area contributed by atoms with Crippen LogP contribution in [0.25, 0.3) is 5.65 Å². The molecule has 2 aromatic rings. The van der Waals surface area contributed by atoms with Gasteiger partial charge in [-0.3, -0.25) is 14.7 Å². The van der Waals surface area contributed by atoms with Gasteiger partial charge in [-0.25, -0.2) is 9.50 Å². The summed E-state index contributed by atoms with van der Waals surface area (Å²) in [5.74, 6) is -0.292. The number of fused-ring (bicyclic) bond motifs is 1. The van der Waals surface area contributed by atoms with Crippen LogP contribution >= 0.6 is 0 Å². The lowest BCUT2D eigenvalue weighted by atomic mass is 10.3. The van der Waals surface area contributed by atoms with Crippen LogP contribution < -0.4 is 10.9 Å². The van der Waals surface area contributed by atoms with Crippen molar-refractivity contribution in [2.75, 3.05) is 5.32 Å². The standard InChI is InChI=1S/C10H12N4O2/c1-5-4-6(2)14-9(11-5)8(10(16)13-14)12-7(3)15/h4H,1-3H3,(H,12,15)(H,13,16). The first kappa shape index (κ1) is 10.4. The van der Waals surface area contributed by atoms with Crippen molar-refractivity contribution in [3.05, 3.63) is 27.8 Å². The minimum Gasteiger partial charge on any atom is -0.319 e. The summed E-state index contributed by atoms with van der Waals surface area (Å²) in [5, 5.41) is 5.10. The van der Waals surface area contributed by atoms with Gasteiger partial charge < -0.3 is 5.32 Å². The summed E-state index contributed by atoms with van der Waals surface area (Å²) in [7, 11) is 0. The second-order valence-electron chi connectivity index (χ2n) is 3.70. The number of hydrogen-bond donors (Lipinski definition) is 2. The number of rotatable bonds is 1. The first-order valence-corrected chi connectivity index (χ1v) is 4.85. The highest BCUT2D eigenvalue weighted by molar-refractivity contribution is 5.92. The van der Waals surface area contributed by atoms with E-state index in [0.29, 0.717) is 5.65 Å². The van der Waals surface area contributed by atoms with Gasteiger partial charge in [-0.15, -0.1) is 0 Å². The molecule has 84 valence electrons. The fourth-order valence-electron chi connectivity index (χ4n) is 1.64. The maximum Gasteiger partial charge on any atom is 0.290 e. The molecule has 2 aromatic heterocycles. The number of nitrogens with zero attached hydrogens (tertiary/aromatic N) is 2. The minimum absolute atomic E-state index is 0.194. The van der Waals surface area contributed by atoms with E-state index in [-0.39, 0.29) is 17.2 Å². The first-order chi connectivity index (χ1) is 7.49. The number of amides is 1. The number of hydrogen-bond acceptors (Lipinski definition) is 3. The van der Waals surface area contributed by atoms with Gasteiger partial charge in [0, 0.05) is 18.3 Å². The Bertz CT molecular complexity index is 624. The number of H-pyrrole nitrogens is 1. The first-order valence-electron chi connectivity index (χ1n) is 4.85. The molecule has 0 atom stereocenters. The molecule has 0 aromatic carbocycles. The number of aryl methyl sites for hydroxylation is 2. The molecular weight excluding hydrogens is 208 g/mol. The monoisotopic (exact) mass is 220 g/mol. The van der Waals surface area contributed by atoms with Crippen molar-refractivity contribution in [2.45, 2.75) is 20.8 Å². The second-order valence-corrected chi connectivity index (χ2v) is 3.70. The van der Waals surface area contributed by atoms with Crippen molar-refractivity contribution in [1.82, 2.24) is 14.6 Å². The lowest BCUT2D eigenvalue weighted by Crippen LogP contribution is -2.13. The third kappa shape index (κ3) is 1.58. The molecule has 6 heteroatoms. The molecule has 0 radical (unpaired) electrons. The molecule has 0 bridgehead atoms. The molecule has 16 heavy (non-hydrogen) atoms. The van der Waals surface area contributed by atoms with Gasteiger partial charge in [0.1, 0.15) is 0 Å². The smallest absolute Gasteiger partial charge is 0.290 e. The van der Waals surface area contributed by atoms with Gasteiger partial charge in [0.15, 0.2) is 11.3 Å². The lowest BCUT2D eigenvalue weighted by molar-refractivity contribution is -0.114. The summed E-state index contributed by atoms with van der Waals surface area (Å²) in [6.45, 7) is 5.04. The summed E-state index contributed by atoms with van der Waals surface area (Å²) in [6.07, 6.45) is 0. The molecule has 0 aliphatic rings. The van der Waals surface area contributed by atoms with E-state index in [2.05, 4.69) is 15.4 Å². The van der Waals surface area contributed by atoms with Crippen molar-refractivity contribution in [3.8, 4) is 0 Å². The largest absolute Gasteiger partial charge is 0.319 e. The van der Waals surface area contributed by atoms with Gasteiger partial charge in [0.2, 0.25) is 5.91 Å². The fourth-order valence-corrected chi connectivity index (χ4v) is 1.64.